The summed E-state index contributed by atoms with van der Waals surface area (Å²) in [5, 5.41) is 3.01. The lowest BCUT2D eigenvalue weighted by atomic mass is 9.80. The van der Waals surface area contributed by atoms with Gasteiger partial charge in [0.2, 0.25) is 5.91 Å². The van der Waals surface area contributed by atoms with Gasteiger partial charge in [-0.2, -0.15) is 0 Å². The van der Waals surface area contributed by atoms with Crippen molar-refractivity contribution >= 4 is 11.8 Å². The van der Waals surface area contributed by atoms with Gasteiger partial charge in [0.1, 0.15) is 5.60 Å². The Balaban J connectivity index is 1.43. The van der Waals surface area contributed by atoms with Crippen molar-refractivity contribution in [2.45, 2.75) is 76.5 Å². The summed E-state index contributed by atoms with van der Waals surface area (Å²) in [5.74, 6) is 1.06. The Bertz CT molecular complexity index is 536. The molecule has 0 aromatic heterocycles. The topological polar surface area (TPSA) is 58.6 Å². The fourth-order valence-electron chi connectivity index (χ4n) is 5.33. The number of nitrogens with zero attached hydrogens (tertiary/aromatic N) is 1. The van der Waals surface area contributed by atoms with Crippen molar-refractivity contribution in [3.63, 3.8) is 0 Å². The molecule has 5 nitrogen and oxygen atoms in total. The molecular weight excluding hydrogens is 292 g/mol. The zero-order chi connectivity index (χ0) is 16.3. The van der Waals surface area contributed by atoms with E-state index < -0.39 is 11.3 Å². The van der Waals surface area contributed by atoms with Gasteiger partial charge in [-0.05, 0) is 70.1 Å². The van der Waals surface area contributed by atoms with E-state index >= 15 is 0 Å². The van der Waals surface area contributed by atoms with Gasteiger partial charge in [0, 0.05) is 13.0 Å². The number of carbonyl (C=O) groups is 2. The normalized spacial score (nSPS) is 41.6. The lowest BCUT2D eigenvalue weighted by molar-refractivity contribution is -0.154. The Morgan fingerprint density at radius 1 is 1.30 bits per heavy atom. The number of nitrogens with one attached hydrogen (secondary N) is 1. The van der Waals surface area contributed by atoms with Crippen LogP contribution in [0, 0.1) is 11.3 Å². The minimum Gasteiger partial charge on any atom is -0.338 e. The van der Waals surface area contributed by atoms with Crippen LogP contribution in [-0.2, 0) is 14.3 Å². The zero-order valence-corrected chi connectivity index (χ0v) is 14.3. The molecular formula is C18H28N2O3. The van der Waals surface area contributed by atoms with Crippen molar-refractivity contribution in [1.29, 1.82) is 0 Å². The fourth-order valence-corrected chi connectivity index (χ4v) is 5.33. The molecule has 2 bridgehead atoms. The summed E-state index contributed by atoms with van der Waals surface area (Å²) >= 11 is 0. The van der Waals surface area contributed by atoms with E-state index in [1.165, 1.54) is 32.1 Å². The van der Waals surface area contributed by atoms with Gasteiger partial charge in [-0.25, -0.2) is 0 Å². The quantitative estimate of drug-likeness (QED) is 0.848. The number of likely N-dealkylation sites (tertiary alicyclic amines) is 1. The van der Waals surface area contributed by atoms with E-state index in [9.17, 15) is 9.59 Å². The lowest BCUT2D eigenvalue weighted by Crippen LogP contribution is -2.57. The molecule has 2 aliphatic carbocycles. The Kier molecular flexibility index (Phi) is 3.32. The molecule has 2 saturated carbocycles. The summed E-state index contributed by atoms with van der Waals surface area (Å²) in [6, 6.07) is 0. The van der Waals surface area contributed by atoms with E-state index in [-0.39, 0.29) is 17.2 Å². The van der Waals surface area contributed by atoms with Crippen LogP contribution in [0.15, 0.2) is 0 Å². The van der Waals surface area contributed by atoms with Crippen molar-refractivity contribution in [2.24, 2.45) is 11.3 Å². The molecule has 2 amide bonds. The van der Waals surface area contributed by atoms with E-state index in [1.807, 2.05) is 4.90 Å². The molecule has 0 radical (unpaired) electrons. The number of carbonyl (C=O) groups excluding carboxylic acids is 2. The minimum atomic E-state index is -0.797. The Morgan fingerprint density at radius 3 is 2.61 bits per heavy atom. The number of amides is 2. The summed E-state index contributed by atoms with van der Waals surface area (Å²) in [6.07, 6.45) is 8.69. The van der Waals surface area contributed by atoms with E-state index in [0.717, 1.165) is 25.3 Å². The van der Waals surface area contributed by atoms with Gasteiger partial charge in [-0.15, -0.1) is 0 Å². The van der Waals surface area contributed by atoms with Gasteiger partial charge in [-0.3, -0.25) is 9.59 Å². The van der Waals surface area contributed by atoms with E-state index in [2.05, 4.69) is 5.32 Å². The average molecular weight is 320 g/mol. The van der Waals surface area contributed by atoms with Crippen LogP contribution in [0.1, 0.15) is 65.2 Å². The molecule has 2 heterocycles. The van der Waals surface area contributed by atoms with Gasteiger partial charge in [0.15, 0.2) is 5.72 Å². The van der Waals surface area contributed by atoms with Crippen molar-refractivity contribution in [2.75, 3.05) is 13.1 Å². The van der Waals surface area contributed by atoms with Gasteiger partial charge in [0.05, 0.1) is 6.54 Å². The first-order valence-electron chi connectivity index (χ1n) is 9.12. The number of piperidine rings is 1. The predicted octanol–water partition coefficient (Wildman–Crippen LogP) is 2.20. The summed E-state index contributed by atoms with van der Waals surface area (Å²) in [4.78, 5) is 26.9. The molecule has 4 fully saturated rings. The third-order valence-corrected chi connectivity index (χ3v) is 6.56. The standard InChI is InChI=1S/C18H28N2O3/c1-16(2)15(22)19-18(23-16)6-3-9-20(12-18)14(21)11-17-7-4-13(10-17)5-8-17/h13H,3-12H2,1-2H3,(H,19,22). The molecule has 0 aromatic carbocycles. The molecule has 5 heteroatoms. The highest BCUT2D eigenvalue weighted by atomic mass is 16.6. The monoisotopic (exact) mass is 320 g/mol. The average Bonchev–Trinajstić information content (AvgIpc) is 3.11. The molecule has 2 aliphatic heterocycles. The molecule has 2 saturated heterocycles. The first-order chi connectivity index (χ1) is 10.8. The van der Waals surface area contributed by atoms with Crippen LogP contribution in [0.25, 0.3) is 0 Å². The smallest absolute Gasteiger partial charge is 0.254 e. The number of fused-ring (bicyclic) bond motifs is 2. The maximum Gasteiger partial charge on any atom is 0.254 e. The second-order valence-corrected chi connectivity index (χ2v) is 8.80. The third-order valence-electron chi connectivity index (χ3n) is 6.56. The minimum absolute atomic E-state index is 0.0696. The van der Waals surface area contributed by atoms with Gasteiger partial charge >= 0.3 is 0 Å². The highest BCUT2D eigenvalue weighted by molar-refractivity contribution is 5.87. The molecule has 4 rings (SSSR count). The van der Waals surface area contributed by atoms with Crippen molar-refractivity contribution in [1.82, 2.24) is 10.2 Å². The van der Waals surface area contributed by atoms with Crippen LogP contribution in [0.4, 0.5) is 0 Å². The van der Waals surface area contributed by atoms with E-state index in [1.54, 1.807) is 13.8 Å². The van der Waals surface area contributed by atoms with Gasteiger partial charge in [0.25, 0.3) is 5.91 Å². The second kappa shape index (κ2) is 4.95. The summed E-state index contributed by atoms with van der Waals surface area (Å²) in [7, 11) is 0. The van der Waals surface area contributed by atoms with Gasteiger partial charge < -0.3 is 15.0 Å². The van der Waals surface area contributed by atoms with Crippen LogP contribution in [0.3, 0.4) is 0 Å². The van der Waals surface area contributed by atoms with Crippen molar-refractivity contribution < 1.29 is 14.3 Å². The molecule has 1 spiro atoms. The molecule has 1 N–H and O–H groups in total. The number of rotatable bonds is 2. The molecule has 0 aromatic rings. The van der Waals surface area contributed by atoms with Crippen LogP contribution in [0.2, 0.25) is 0 Å². The zero-order valence-electron chi connectivity index (χ0n) is 14.3. The van der Waals surface area contributed by atoms with Crippen LogP contribution in [0.5, 0.6) is 0 Å². The maximum atomic E-state index is 12.9. The number of hydrogen-bond donors (Lipinski definition) is 1. The van der Waals surface area contributed by atoms with Crippen LogP contribution in [-0.4, -0.2) is 41.1 Å². The first-order valence-corrected chi connectivity index (χ1v) is 9.12. The fraction of sp³-hybridized carbons (Fsp3) is 0.889. The SMILES string of the molecule is CC1(C)OC2(CCCN(C(=O)CC34CCC(CC3)C4)C2)NC1=O. The molecule has 1 unspecified atom stereocenters. The van der Waals surface area contributed by atoms with E-state index in [0.29, 0.717) is 13.0 Å². The summed E-state index contributed by atoms with van der Waals surface area (Å²) < 4.78 is 6.05. The maximum absolute atomic E-state index is 12.9. The highest BCUT2D eigenvalue weighted by Crippen LogP contribution is 2.56. The van der Waals surface area contributed by atoms with Crippen LogP contribution >= 0.6 is 0 Å². The first kappa shape index (κ1) is 15.4. The summed E-state index contributed by atoms with van der Waals surface area (Å²) in [6.45, 7) is 4.89. The lowest BCUT2D eigenvalue weighted by Gasteiger charge is -2.41. The molecule has 23 heavy (non-hydrogen) atoms. The summed E-state index contributed by atoms with van der Waals surface area (Å²) in [5.41, 5.74) is -1.18. The Morgan fingerprint density at radius 2 is 2.04 bits per heavy atom. The van der Waals surface area contributed by atoms with Gasteiger partial charge in [-0.1, -0.05) is 0 Å². The van der Waals surface area contributed by atoms with Crippen molar-refractivity contribution in [3.05, 3.63) is 0 Å². The Hall–Kier alpha value is -1.10. The van der Waals surface area contributed by atoms with E-state index in [4.69, 9.17) is 4.74 Å². The van der Waals surface area contributed by atoms with Crippen LogP contribution < -0.4 is 5.32 Å². The number of ether oxygens (including phenoxy) is 1. The predicted molar refractivity (Wildman–Crippen MR) is 85.5 cm³/mol. The number of hydrogen-bond acceptors (Lipinski definition) is 3. The molecule has 4 aliphatic rings. The molecule has 128 valence electrons. The largest absolute Gasteiger partial charge is 0.338 e. The third kappa shape index (κ3) is 2.57. The Labute approximate surface area is 138 Å². The molecule has 1 atom stereocenters. The second-order valence-electron chi connectivity index (χ2n) is 8.80. The van der Waals surface area contributed by atoms with Crippen molar-refractivity contribution in [3.8, 4) is 0 Å². The highest BCUT2D eigenvalue weighted by Gasteiger charge is 2.53.